The van der Waals surface area contributed by atoms with Crippen LogP contribution in [0.1, 0.15) is 31.2 Å². The Kier molecular flexibility index (Phi) is 4.22. The van der Waals surface area contributed by atoms with E-state index < -0.39 is 16.7 Å². The van der Waals surface area contributed by atoms with Crippen LogP contribution in [0.5, 0.6) is 0 Å². The molecule has 0 fully saturated rings. The summed E-state index contributed by atoms with van der Waals surface area (Å²) >= 11 is 1.26. The normalized spacial score (nSPS) is 10.3. The van der Waals surface area contributed by atoms with E-state index in [1.807, 2.05) is 6.92 Å². The van der Waals surface area contributed by atoms with Gasteiger partial charge in [0.1, 0.15) is 5.00 Å². The van der Waals surface area contributed by atoms with E-state index in [1.54, 1.807) is 6.92 Å². The van der Waals surface area contributed by atoms with Crippen molar-refractivity contribution in [3.63, 3.8) is 0 Å². The molecule has 0 atom stereocenters. The second-order valence-corrected chi connectivity index (χ2v) is 5.83. The molecule has 0 saturated carbocycles. The van der Waals surface area contributed by atoms with Gasteiger partial charge in [-0.05, 0) is 31.5 Å². The topological polar surface area (TPSA) is 115 Å². The molecule has 1 aromatic heterocycles. The lowest BCUT2D eigenvalue weighted by Gasteiger charge is -2.05. The average molecular weight is 319 g/mol. The van der Waals surface area contributed by atoms with Gasteiger partial charge in [-0.25, -0.2) is 0 Å². The molecule has 8 heteroatoms. The second-order valence-electron chi connectivity index (χ2n) is 4.61. The lowest BCUT2D eigenvalue weighted by atomic mass is 10.1. The number of carbonyl (C=O) groups excluding carboxylic acids is 2. The molecule has 1 aromatic carbocycles. The van der Waals surface area contributed by atoms with Crippen LogP contribution >= 0.6 is 11.3 Å². The van der Waals surface area contributed by atoms with Crippen molar-refractivity contribution in [3.8, 4) is 0 Å². The van der Waals surface area contributed by atoms with Gasteiger partial charge in [0.2, 0.25) is 0 Å². The molecule has 114 valence electrons. The van der Waals surface area contributed by atoms with E-state index in [2.05, 4.69) is 5.32 Å². The number of anilines is 1. The number of primary amides is 1. The number of thiophene rings is 1. The zero-order valence-corrected chi connectivity index (χ0v) is 12.7. The lowest BCUT2D eigenvalue weighted by Crippen LogP contribution is -2.17. The molecule has 0 aliphatic rings. The molecule has 0 aliphatic heterocycles. The predicted molar refractivity (Wildman–Crippen MR) is 83.4 cm³/mol. The number of rotatable bonds is 4. The molecule has 2 amide bonds. The van der Waals surface area contributed by atoms with E-state index in [-0.39, 0.29) is 16.8 Å². The van der Waals surface area contributed by atoms with Gasteiger partial charge in [-0.1, -0.05) is 0 Å². The molecule has 7 nitrogen and oxygen atoms in total. The monoisotopic (exact) mass is 319 g/mol. The molecule has 0 bridgehead atoms. The van der Waals surface area contributed by atoms with Gasteiger partial charge in [0.25, 0.3) is 17.5 Å². The number of nitrogens with one attached hydrogen (secondary N) is 1. The number of nitro groups is 1. The molecular weight excluding hydrogens is 306 g/mol. The number of benzene rings is 1. The first-order valence-corrected chi connectivity index (χ1v) is 7.08. The van der Waals surface area contributed by atoms with Crippen LogP contribution in [0, 0.1) is 24.0 Å². The SMILES string of the molecule is Cc1sc(NC(=O)c2ccc([N+](=O)[O-])cc2)c(C(N)=O)c1C. The lowest BCUT2D eigenvalue weighted by molar-refractivity contribution is -0.384. The summed E-state index contributed by atoms with van der Waals surface area (Å²) in [4.78, 5) is 34.6. The summed E-state index contributed by atoms with van der Waals surface area (Å²) in [6, 6.07) is 5.19. The number of non-ortho nitro benzene ring substituents is 1. The maximum atomic E-state index is 12.2. The number of amides is 2. The fourth-order valence-corrected chi connectivity index (χ4v) is 2.98. The Balaban J connectivity index is 2.27. The van der Waals surface area contributed by atoms with Gasteiger partial charge in [-0.3, -0.25) is 19.7 Å². The van der Waals surface area contributed by atoms with Gasteiger partial charge in [0.05, 0.1) is 10.5 Å². The van der Waals surface area contributed by atoms with Gasteiger partial charge < -0.3 is 11.1 Å². The average Bonchev–Trinajstić information content (AvgIpc) is 2.73. The minimum absolute atomic E-state index is 0.0998. The Labute approximate surface area is 129 Å². The first-order chi connectivity index (χ1) is 10.3. The van der Waals surface area contributed by atoms with Gasteiger partial charge in [-0.15, -0.1) is 11.3 Å². The van der Waals surface area contributed by atoms with E-state index in [0.717, 1.165) is 10.4 Å². The van der Waals surface area contributed by atoms with Crippen LogP contribution in [0.4, 0.5) is 10.7 Å². The predicted octanol–water partition coefficient (Wildman–Crippen LogP) is 2.62. The van der Waals surface area contributed by atoms with Crippen molar-refractivity contribution >= 4 is 33.8 Å². The van der Waals surface area contributed by atoms with Crippen LogP contribution in [0.2, 0.25) is 0 Å². The Morgan fingerprint density at radius 1 is 1.23 bits per heavy atom. The van der Waals surface area contributed by atoms with Crippen molar-refractivity contribution in [2.75, 3.05) is 5.32 Å². The smallest absolute Gasteiger partial charge is 0.269 e. The van der Waals surface area contributed by atoms with Crippen molar-refractivity contribution in [2.24, 2.45) is 5.73 Å². The molecule has 0 aliphatic carbocycles. The summed E-state index contributed by atoms with van der Waals surface area (Å²) in [7, 11) is 0. The molecule has 0 radical (unpaired) electrons. The third-order valence-corrected chi connectivity index (χ3v) is 4.32. The van der Waals surface area contributed by atoms with Crippen LogP contribution in [-0.2, 0) is 0 Å². The zero-order valence-electron chi connectivity index (χ0n) is 11.9. The van der Waals surface area contributed by atoms with Crippen molar-refractivity contribution < 1.29 is 14.5 Å². The highest BCUT2D eigenvalue weighted by Gasteiger charge is 2.19. The van der Waals surface area contributed by atoms with Crippen LogP contribution in [0.25, 0.3) is 0 Å². The van der Waals surface area contributed by atoms with Crippen LogP contribution < -0.4 is 11.1 Å². The standard InChI is InChI=1S/C14H13N3O4S/c1-7-8(2)22-14(11(7)12(15)18)16-13(19)9-3-5-10(6-4-9)17(20)21/h3-6H,1-2H3,(H2,15,18)(H,16,19). The first kappa shape index (κ1) is 15.6. The van der Waals surface area contributed by atoms with Crippen molar-refractivity contribution in [1.29, 1.82) is 0 Å². The zero-order chi connectivity index (χ0) is 16.4. The molecule has 0 spiro atoms. The maximum absolute atomic E-state index is 12.2. The van der Waals surface area contributed by atoms with E-state index >= 15 is 0 Å². The molecule has 1 heterocycles. The van der Waals surface area contributed by atoms with Crippen molar-refractivity contribution in [1.82, 2.24) is 0 Å². The largest absolute Gasteiger partial charge is 0.365 e. The van der Waals surface area contributed by atoms with Crippen molar-refractivity contribution in [2.45, 2.75) is 13.8 Å². The quantitative estimate of drug-likeness (QED) is 0.665. The molecular formula is C14H13N3O4S. The molecule has 2 rings (SSSR count). The Morgan fingerprint density at radius 3 is 2.32 bits per heavy atom. The summed E-state index contributed by atoms with van der Waals surface area (Å²) < 4.78 is 0. The van der Waals surface area contributed by atoms with E-state index in [4.69, 9.17) is 5.73 Å². The van der Waals surface area contributed by atoms with E-state index in [9.17, 15) is 19.7 Å². The summed E-state index contributed by atoms with van der Waals surface area (Å²) in [5, 5.41) is 13.6. The van der Waals surface area contributed by atoms with Crippen LogP contribution in [0.15, 0.2) is 24.3 Å². The highest BCUT2D eigenvalue weighted by molar-refractivity contribution is 7.16. The number of nitrogens with zero attached hydrogens (tertiary/aromatic N) is 1. The Bertz CT molecular complexity index is 765. The third kappa shape index (κ3) is 2.96. The van der Waals surface area contributed by atoms with Gasteiger partial charge in [-0.2, -0.15) is 0 Å². The van der Waals surface area contributed by atoms with Gasteiger partial charge in [0.15, 0.2) is 0 Å². The molecule has 3 N–H and O–H groups in total. The Hall–Kier alpha value is -2.74. The number of aryl methyl sites for hydroxylation is 1. The van der Waals surface area contributed by atoms with E-state index in [1.165, 1.54) is 35.6 Å². The summed E-state index contributed by atoms with van der Waals surface area (Å²) in [5.74, 6) is -1.07. The highest BCUT2D eigenvalue weighted by Crippen LogP contribution is 2.32. The summed E-state index contributed by atoms with van der Waals surface area (Å²) in [6.45, 7) is 3.58. The van der Waals surface area contributed by atoms with E-state index in [0.29, 0.717) is 5.00 Å². The highest BCUT2D eigenvalue weighted by atomic mass is 32.1. The molecule has 2 aromatic rings. The number of carbonyl (C=O) groups is 2. The number of hydrogen-bond acceptors (Lipinski definition) is 5. The minimum atomic E-state index is -0.610. The third-order valence-electron chi connectivity index (χ3n) is 3.20. The number of hydrogen-bond donors (Lipinski definition) is 2. The van der Waals surface area contributed by atoms with Crippen LogP contribution in [-0.4, -0.2) is 16.7 Å². The van der Waals surface area contributed by atoms with Gasteiger partial charge in [0, 0.05) is 22.6 Å². The fraction of sp³-hybridized carbons (Fsp3) is 0.143. The van der Waals surface area contributed by atoms with Crippen molar-refractivity contribution in [3.05, 3.63) is 55.9 Å². The summed E-state index contributed by atoms with van der Waals surface area (Å²) in [6.07, 6.45) is 0. The van der Waals surface area contributed by atoms with Crippen LogP contribution in [0.3, 0.4) is 0 Å². The molecule has 0 unspecified atom stereocenters. The first-order valence-electron chi connectivity index (χ1n) is 6.27. The fourth-order valence-electron chi connectivity index (χ4n) is 1.92. The maximum Gasteiger partial charge on any atom is 0.269 e. The minimum Gasteiger partial charge on any atom is -0.365 e. The molecule has 0 saturated heterocycles. The number of nitrogens with two attached hydrogens (primary N) is 1. The second kappa shape index (κ2) is 5.94. The Morgan fingerprint density at radius 2 is 1.82 bits per heavy atom. The van der Waals surface area contributed by atoms with Gasteiger partial charge >= 0.3 is 0 Å². The molecule has 22 heavy (non-hydrogen) atoms. The number of nitro benzene ring substituents is 1. The summed E-state index contributed by atoms with van der Waals surface area (Å²) in [5.41, 5.74) is 6.51.